The van der Waals surface area contributed by atoms with Gasteiger partial charge in [-0.3, -0.25) is 9.69 Å². The summed E-state index contributed by atoms with van der Waals surface area (Å²) in [6.07, 6.45) is 13.9. The molecule has 1 aliphatic heterocycles. The van der Waals surface area contributed by atoms with Crippen molar-refractivity contribution in [2.75, 3.05) is 0 Å². The fraction of sp³-hybridized carbons (Fsp3) is 0.316. The first-order valence-corrected chi connectivity index (χ1v) is 8.03. The third-order valence-electron chi connectivity index (χ3n) is 4.17. The van der Waals surface area contributed by atoms with Crippen molar-refractivity contribution in [3.05, 3.63) is 60.6 Å². The number of H-pyrrole nitrogens is 1. The van der Waals surface area contributed by atoms with E-state index < -0.39 is 0 Å². The zero-order chi connectivity index (χ0) is 15.4. The molecule has 0 saturated heterocycles. The van der Waals surface area contributed by atoms with Gasteiger partial charge in [0, 0.05) is 41.8 Å². The SMILES string of the molecule is CCCCCC(=O)N1C=CC(c2c[nH]c3ccccc23)C=C1. The minimum atomic E-state index is 0.179. The molecule has 22 heavy (non-hydrogen) atoms. The Morgan fingerprint density at radius 1 is 1.18 bits per heavy atom. The Kier molecular flexibility index (Phi) is 4.42. The van der Waals surface area contributed by atoms with Gasteiger partial charge in [0.15, 0.2) is 0 Å². The molecule has 2 aromatic rings. The molecule has 0 unspecified atom stereocenters. The minimum absolute atomic E-state index is 0.179. The number of hydrogen-bond donors (Lipinski definition) is 1. The zero-order valence-electron chi connectivity index (χ0n) is 13.0. The summed E-state index contributed by atoms with van der Waals surface area (Å²) < 4.78 is 0. The van der Waals surface area contributed by atoms with Crippen molar-refractivity contribution in [3.63, 3.8) is 0 Å². The first-order valence-electron chi connectivity index (χ1n) is 8.03. The fourth-order valence-corrected chi connectivity index (χ4v) is 2.88. The number of fused-ring (bicyclic) bond motifs is 1. The lowest BCUT2D eigenvalue weighted by Crippen LogP contribution is -2.21. The van der Waals surface area contributed by atoms with Crippen molar-refractivity contribution >= 4 is 16.8 Å². The van der Waals surface area contributed by atoms with Gasteiger partial charge >= 0.3 is 0 Å². The number of amides is 1. The summed E-state index contributed by atoms with van der Waals surface area (Å²) in [6, 6.07) is 8.30. The van der Waals surface area contributed by atoms with Crippen molar-refractivity contribution in [2.45, 2.75) is 38.5 Å². The highest BCUT2D eigenvalue weighted by Gasteiger charge is 2.16. The third-order valence-corrected chi connectivity index (χ3v) is 4.17. The molecular weight excluding hydrogens is 272 g/mol. The molecule has 3 nitrogen and oxygen atoms in total. The summed E-state index contributed by atoms with van der Waals surface area (Å²) in [5.41, 5.74) is 2.40. The van der Waals surface area contributed by atoms with Crippen LogP contribution in [0.2, 0.25) is 0 Å². The molecule has 1 amide bonds. The van der Waals surface area contributed by atoms with Gasteiger partial charge in [0.2, 0.25) is 5.91 Å². The summed E-state index contributed by atoms with van der Waals surface area (Å²) in [6.45, 7) is 2.15. The molecule has 114 valence electrons. The average Bonchev–Trinajstić information content (AvgIpc) is 2.99. The van der Waals surface area contributed by atoms with E-state index in [1.165, 1.54) is 10.9 Å². The van der Waals surface area contributed by atoms with Crippen LogP contribution >= 0.6 is 0 Å². The number of aromatic nitrogens is 1. The van der Waals surface area contributed by atoms with E-state index >= 15 is 0 Å². The molecule has 0 aliphatic carbocycles. The van der Waals surface area contributed by atoms with Crippen LogP contribution in [-0.4, -0.2) is 15.8 Å². The van der Waals surface area contributed by atoms with Crippen LogP contribution in [0.4, 0.5) is 0 Å². The van der Waals surface area contributed by atoms with Crippen LogP contribution in [0.5, 0.6) is 0 Å². The van der Waals surface area contributed by atoms with Crippen LogP contribution in [0.3, 0.4) is 0 Å². The highest BCUT2D eigenvalue weighted by atomic mass is 16.2. The molecule has 0 bridgehead atoms. The Morgan fingerprint density at radius 3 is 2.73 bits per heavy atom. The van der Waals surface area contributed by atoms with E-state index in [1.807, 2.05) is 18.5 Å². The van der Waals surface area contributed by atoms with Crippen molar-refractivity contribution in [2.24, 2.45) is 0 Å². The number of unbranched alkanes of at least 4 members (excludes halogenated alkanes) is 2. The number of carbonyl (C=O) groups excluding carboxylic acids is 1. The lowest BCUT2D eigenvalue weighted by molar-refractivity contribution is -0.126. The molecule has 0 spiro atoms. The summed E-state index contributed by atoms with van der Waals surface area (Å²) in [5, 5.41) is 1.24. The molecule has 0 atom stereocenters. The van der Waals surface area contributed by atoms with Gasteiger partial charge in [0.1, 0.15) is 0 Å². The molecule has 3 heteroatoms. The van der Waals surface area contributed by atoms with E-state index in [2.05, 4.69) is 48.5 Å². The third kappa shape index (κ3) is 2.98. The average molecular weight is 294 g/mol. The Morgan fingerprint density at radius 2 is 1.95 bits per heavy atom. The predicted octanol–water partition coefficient (Wildman–Crippen LogP) is 4.70. The second kappa shape index (κ2) is 6.65. The van der Waals surface area contributed by atoms with Crippen molar-refractivity contribution in [1.29, 1.82) is 0 Å². The van der Waals surface area contributed by atoms with Gasteiger partial charge in [0.25, 0.3) is 0 Å². The normalized spacial score (nSPS) is 14.9. The van der Waals surface area contributed by atoms with Gasteiger partial charge in [-0.2, -0.15) is 0 Å². The topological polar surface area (TPSA) is 36.1 Å². The maximum absolute atomic E-state index is 12.1. The zero-order valence-corrected chi connectivity index (χ0v) is 13.0. The number of benzene rings is 1. The Labute approximate surface area is 131 Å². The minimum Gasteiger partial charge on any atom is -0.361 e. The second-order valence-corrected chi connectivity index (χ2v) is 5.76. The van der Waals surface area contributed by atoms with E-state index in [9.17, 15) is 4.79 Å². The second-order valence-electron chi connectivity index (χ2n) is 5.76. The molecule has 3 rings (SSSR count). The number of rotatable bonds is 5. The Hall–Kier alpha value is -2.29. The lowest BCUT2D eigenvalue weighted by atomic mass is 9.97. The van der Waals surface area contributed by atoms with Crippen LogP contribution in [0, 0.1) is 0 Å². The van der Waals surface area contributed by atoms with Crippen LogP contribution in [0.15, 0.2) is 55.0 Å². The van der Waals surface area contributed by atoms with E-state index in [-0.39, 0.29) is 11.8 Å². The number of nitrogens with one attached hydrogen (secondary N) is 1. The van der Waals surface area contributed by atoms with Crippen LogP contribution in [0.1, 0.15) is 44.1 Å². The van der Waals surface area contributed by atoms with Crippen molar-refractivity contribution < 1.29 is 4.79 Å². The van der Waals surface area contributed by atoms with Crippen LogP contribution < -0.4 is 0 Å². The van der Waals surface area contributed by atoms with E-state index in [0.29, 0.717) is 6.42 Å². The molecular formula is C19H22N2O. The van der Waals surface area contributed by atoms with Gasteiger partial charge in [-0.1, -0.05) is 50.1 Å². The fourth-order valence-electron chi connectivity index (χ4n) is 2.88. The number of aromatic amines is 1. The number of carbonyl (C=O) groups is 1. The number of hydrogen-bond acceptors (Lipinski definition) is 1. The lowest BCUT2D eigenvalue weighted by Gasteiger charge is -2.20. The standard InChI is InChI=1S/C19H22N2O/c1-2-3-4-9-19(22)21-12-10-15(11-13-21)17-14-20-18-8-6-5-7-16(17)18/h5-8,10-15,20H,2-4,9H2,1H3. The molecule has 1 aliphatic rings. The van der Waals surface area contributed by atoms with Crippen LogP contribution in [0.25, 0.3) is 10.9 Å². The number of nitrogens with zero attached hydrogens (tertiary/aromatic N) is 1. The first-order chi connectivity index (χ1) is 10.8. The highest BCUT2D eigenvalue weighted by Crippen LogP contribution is 2.29. The number of para-hydroxylation sites is 1. The molecule has 0 saturated carbocycles. The quantitative estimate of drug-likeness (QED) is 0.797. The van der Waals surface area contributed by atoms with Gasteiger partial charge in [0.05, 0.1) is 0 Å². The summed E-state index contributed by atoms with van der Waals surface area (Å²) >= 11 is 0. The van der Waals surface area contributed by atoms with E-state index in [0.717, 1.165) is 24.8 Å². The monoisotopic (exact) mass is 294 g/mol. The predicted molar refractivity (Wildman–Crippen MR) is 90.3 cm³/mol. The summed E-state index contributed by atoms with van der Waals surface area (Å²) in [4.78, 5) is 17.1. The smallest absolute Gasteiger partial charge is 0.230 e. The van der Waals surface area contributed by atoms with E-state index in [4.69, 9.17) is 0 Å². The van der Waals surface area contributed by atoms with Gasteiger partial charge in [-0.25, -0.2) is 0 Å². The molecule has 0 radical (unpaired) electrons. The molecule has 1 aromatic heterocycles. The largest absolute Gasteiger partial charge is 0.361 e. The van der Waals surface area contributed by atoms with Gasteiger partial charge in [-0.15, -0.1) is 0 Å². The first kappa shape index (κ1) is 14.6. The molecule has 1 aromatic carbocycles. The number of allylic oxidation sites excluding steroid dienone is 2. The molecule has 0 fully saturated rings. The maximum Gasteiger partial charge on any atom is 0.230 e. The molecule has 1 N–H and O–H groups in total. The van der Waals surface area contributed by atoms with Gasteiger partial charge in [-0.05, 0) is 18.1 Å². The summed E-state index contributed by atoms with van der Waals surface area (Å²) in [7, 11) is 0. The van der Waals surface area contributed by atoms with Crippen molar-refractivity contribution in [1.82, 2.24) is 9.88 Å². The van der Waals surface area contributed by atoms with E-state index in [1.54, 1.807) is 4.90 Å². The highest BCUT2D eigenvalue weighted by molar-refractivity contribution is 5.84. The van der Waals surface area contributed by atoms with Crippen LogP contribution in [-0.2, 0) is 4.79 Å². The van der Waals surface area contributed by atoms with Crippen molar-refractivity contribution in [3.8, 4) is 0 Å². The Bertz CT molecular complexity index is 697. The molecule has 2 heterocycles. The summed E-state index contributed by atoms with van der Waals surface area (Å²) in [5.74, 6) is 0.397. The maximum atomic E-state index is 12.1. The van der Waals surface area contributed by atoms with Gasteiger partial charge < -0.3 is 4.98 Å². The Balaban J connectivity index is 1.69.